The van der Waals surface area contributed by atoms with Crippen molar-refractivity contribution in [2.75, 3.05) is 6.54 Å². The van der Waals surface area contributed by atoms with Crippen LogP contribution in [0.4, 0.5) is 0 Å². The molecule has 2 N–H and O–H groups in total. The molecule has 0 bridgehead atoms. The van der Waals surface area contributed by atoms with Crippen molar-refractivity contribution < 1.29 is 4.79 Å². The molecule has 0 saturated carbocycles. The summed E-state index contributed by atoms with van der Waals surface area (Å²) in [4.78, 5) is 14.9. The number of nitrogens with one attached hydrogen (secondary N) is 2. The first-order chi connectivity index (χ1) is 6.84. The van der Waals surface area contributed by atoms with Crippen LogP contribution in [0.25, 0.3) is 0 Å². The van der Waals surface area contributed by atoms with Gasteiger partial charge in [0.2, 0.25) is 0 Å². The Hall–Kier alpha value is -1.65. The molecule has 1 aliphatic carbocycles. The van der Waals surface area contributed by atoms with Crippen LogP contribution in [0.1, 0.15) is 18.7 Å². The lowest BCUT2D eigenvalue weighted by atomic mass is 10.3. The largest absolute Gasteiger partial charge is 0.388 e. The van der Waals surface area contributed by atoms with Crippen molar-refractivity contribution in [1.82, 2.24) is 20.5 Å². The molecule has 0 unspecified atom stereocenters. The van der Waals surface area contributed by atoms with Gasteiger partial charge in [0.05, 0.1) is 0 Å². The van der Waals surface area contributed by atoms with Gasteiger partial charge in [-0.1, -0.05) is 0 Å². The van der Waals surface area contributed by atoms with Gasteiger partial charge in [0, 0.05) is 31.2 Å². The third-order valence-corrected chi connectivity index (χ3v) is 2.15. The van der Waals surface area contributed by atoms with E-state index in [1.165, 1.54) is 6.33 Å². The van der Waals surface area contributed by atoms with Crippen molar-refractivity contribution in [2.45, 2.75) is 19.3 Å². The first kappa shape index (κ1) is 8.93. The highest BCUT2D eigenvalue weighted by Gasteiger charge is 2.10. The summed E-state index contributed by atoms with van der Waals surface area (Å²) >= 11 is 0. The van der Waals surface area contributed by atoms with Crippen molar-refractivity contribution >= 4 is 5.78 Å². The van der Waals surface area contributed by atoms with E-state index in [-0.39, 0.29) is 5.78 Å². The van der Waals surface area contributed by atoms with Crippen LogP contribution in [0.3, 0.4) is 0 Å². The first-order valence-corrected chi connectivity index (χ1v) is 4.66. The minimum atomic E-state index is 0.215. The Kier molecular flexibility index (Phi) is 2.58. The smallest absolute Gasteiger partial charge is 0.157 e. The predicted octanol–water partition coefficient (Wildman–Crippen LogP) is 0.184. The van der Waals surface area contributed by atoms with Gasteiger partial charge in [0.25, 0.3) is 0 Å². The van der Waals surface area contributed by atoms with E-state index in [1.54, 1.807) is 6.08 Å². The van der Waals surface area contributed by atoms with Gasteiger partial charge in [0.1, 0.15) is 12.2 Å². The van der Waals surface area contributed by atoms with E-state index in [0.717, 1.165) is 30.9 Å². The number of allylic oxidation sites excluding steroid dienone is 2. The van der Waals surface area contributed by atoms with Crippen molar-refractivity contribution in [3.8, 4) is 0 Å². The lowest BCUT2D eigenvalue weighted by Crippen LogP contribution is -2.16. The quantitative estimate of drug-likeness (QED) is 0.714. The van der Waals surface area contributed by atoms with E-state index in [1.807, 2.05) is 0 Å². The maximum Gasteiger partial charge on any atom is 0.157 e. The van der Waals surface area contributed by atoms with Crippen LogP contribution in [-0.4, -0.2) is 27.5 Å². The molecule has 2 rings (SSSR count). The van der Waals surface area contributed by atoms with Crippen LogP contribution in [0.2, 0.25) is 0 Å². The number of aromatic nitrogens is 3. The van der Waals surface area contributed by atoms with Crippen molar-refractivity contribution in [3.05, 3.63) is 23.9 Å². The number of hydrogen-bond acceptors (Lipinski definition) is 4. The monoisotopic (exact) mass is 192 g/mol. The lowest BCUT2D eigenvalue weighted by Gasteiger charge is -2.03. The molecular weight excluding hydrogens is 180 g/mol. The minimum absolute atomic E-state index is 0.215. The first-order valence-electron chi connectivity index (χ1n) is 4.66. The van der Waals surface area contributed by atoms with Gasteiger partial charge >= 0.3 is 0 Å². The summed E-state index contributed by atoms with van der Waals surface area (Å²) in [5, 5.41) is 9.74. The minimum Gasteiger partial charge on any atom is -0.388 e. The van der Waals surface area contributed by atoms with Crippen molar-refractivity contribution in [3.63, 3.8) is 0 Å². The van der Waals surface area contributed by atoms with Gasteiger partial charge in [-0.2, -0.15) is 5.10 Å². The van der Waals surface area contributed by atoms with Gasteiger partial charge in [0.15, 0.2) is 5.78 Å². The fourth-order valence-electron chi connectivity index (χ4n) is 1.43. The molecule has 0 amide bonds. The molecule has 0 aromatic carbocycles. The summed E-state index contributed by atoms with van der Waals surface area (Å²) < 4.78 is 0. The lowest BCUT2D eigenvalue weighted by molar-refractivity contribution is -0.114. The van der Waals surface area contributed by atoms with E-state index in [4.69, 9.17) is 0 Å². The molecule has 1 aromatic heterocycles. The Bertz CT molecular complexity index is 342. The average Bonchev–Trinajstić information content (AvgIpc) is 2.77. The summed E-state index contributed by atoms with van der Waals surface area (Å²) in [6.07, 6.45) is 5.46. The molecule has 0 radical (unpaired) electrons. The summed E-state index contributed by atoms with van der Waals surface area (Å²) in [5.74, 6) is 1.08. The van der Waals surface area contributed by atoms with Crippen LogP contribution >= 0.6 is 0 Å². The molecule has 0 aliphatic heterocycles. The second-order valence-corrected chi connectivity index (χ2v) is 3.24. The average molecular weight is 192 g/mol. The van der Waals surface area contributed by atoms with Crippen molar-refractivity contribution in [2.24, 2.45) is 0 Å². The van der Waals surface area contributed by atoms with E-state index in [9.17, 15) is 4.79 Å². The Balaban J connectivity index is 1.73. The zero-order chi connectivity index (χ0) is 9.80. The summed E-state index contributed by atoms with van der Waals surface area (Å²) in [6.45, 7) is 0.786. The van der Waals surface area contributed by atoms with E-state index in [0.29, 0.717) is 6.42 Å². The highest BCUT2D eigenvalue weighted by molar-refractivity contribution is 5.92. The van der Waals surface area contributed by atoms with Gasteiger partial charge in [-0.15, -0.1) is 0 Å². The third kappa shape index (κ3) is 2.18. The Morgan fingerprint density at radius 3 is 3.07 bits per heavy atom. The van der Waals surface area contributed by atoms with Crippen LogP contribution < -0.4 is 5.32 Å². The van der Waals surface area contributed by atoms with E-state index >= 15 is 0 Å². The number of aromatic amines is 1. The second kappa shape index (κ2) is 4.04. The van der Waals surface area contributed by atoms with Crippen LogP contribution in [0.5, 0.6) is 0 Å². The highest BCUT2D eigenvalue weighted by Crippen LogP contribution is 2.11. The fourth-order valence-corrected chi connectivity index (χ4v) is 1.43. The van der Waals surface area contributed by atoms with Crippen LogP contribution in [0.15, 0.2) is 18.1 Å². The Morgan fingerprint density at radius 2 is 2.43 bits per heavy atom. The van der Waals surface area contributed by atoms with Crippen LogP contribution in [-0.2, 0) is 11.2 Å². The molecule has 5 heteroatoms. The summed E-state index contributed by atoms with van der Waals surface area (Å²) in [5.41, 5.74) is 1.04. The molecule has 14 heavy (non-hydrogen) atoms. The maximum atomic E-state index is 10.9. The number of carbonyl (C=O) groups is 1. The second-order valence-electron chi connectivity index (χ2n) is 3.24. The molecular formula is C9H12N4O. The number of ketones is 1. The molecule has 0 fully saturated rings. The SMILES string of the molecule is O=C1C=C(NCCc2ncn[nH]2)CC1. The number of carbonyl (C=O) groups excluding carboxylic acids is 1. The van der Waals surface area contributed by atoms with Gasteiger partial charge < -0.3 is 5.32 Å². The fraction of sp³-hybridized carbons (Fsp3) is 0.444. The number of hydrogen-bond donors (Lipinski definition) is 2. The normalized spacial score (nSPS) is 15.7. The number of H-pyrrole nitrogens is 1. The zero-order valence-electron chi connectivity index (χ0n) is 7.79. The number of rotatable bonds is 4. The molecule has 1 aliphatic rings. The topological polar surface area (TPSA) is 70.7 Å². The standard InChI is InChI=1S/C9H12N4O/c14-8-2-1-7(5-8)10-4-3-9-11-6-12-13-9/h5-6,10H,1-4H2,(H,11,12,13). The van der Waals surface area contributed by atoms with E-state index < -0.39 is 0 Å². The molecule has 0 saturated heterocycles. The predicted molar refractivity (Wildman–Crippen MR) is 50.4 cm³/mol. The van der Waals surface area contributed by atoms with Crippen molar-refractivity contribution in [1.29, 1.82) is 0 Å². The highest BCUT2D eigenvalue weighted by atomic mass is 16.1. The molecule has 0 atom stereocenters. The van der Waals surface area contributed by atoms with E-state index in [2.05, 4.69) is 20.5 Å². The molecule has 1 aromatic rings. The summed E-state index contributed by atoms with van der Waals surface area (Å²) in [6, 6.07) is 0. The zero-order valence-corrected chi connectivity index (χ0v) is 7.79. The van der Waals surface area contributed by atoms with Gasteiger partial charge in [-0.05, 0) is 6.42 Å². The number of nitrogens with zero attached hydrogens (tertiary/aromatic N) is 2. The van der Waals surface area contributed by atoms with Crippen LogP contribution in [0, 0.1) is 0 Å². The Morgan fingerprint density at radius 1 is 1.50 bits per heavy atom. The maximum absolute atomic E-state index is 10.9. The Labute approximate surface area is 81.6 Å². The molecule has 0 spiro atoms. The van der Waals surface area contributed by atoms with Gasteiger partial charge in [-0.25, -0.2) is 4.98 Å². The third-order valence-electron chi connectivity index (χ3n) is 2.15. The van der Waals surface area contributed by atoms with Gasteiger partial charge in [-0.3, -0.25) is 9.89 Å². The molecule has 74 valence electrons. The molecule has 5 nitrogen and oxygen atoms in total. The molecule has 1 heterocycles. The summed E-state index contributed by atoms with van der Waals surface area (Å²) in [7, 11) is 0.